The summed E-state index contributed by atoms with van der Waals surface area (Å²) in [6.07, 6.45) is 1.67. The summed E-state index contributed by atoms with van der Waals surface area (Å²) in [5, 5.41) is 0.363. The highest BCUT2D eigenvalue weighted by Crippen LogP contribution is 2.33. The lowest BCUT2D eigenvalue weighted by Gasteiger charge is -2.22. The molecule has 114 valence electrons. The first-order valence-corrected chi connectivity index (χ1v) is 7.03. The number of nitrogens with two attached hydrogens (primary N) is 1. The van der Waals surface area contributed by atoms with E-state index in [2.05, 4.69) is 9.97 Å². The Labute approximate surface area is 132 Å². The third-order valence-electron chi connectivity index (χ3n) is 3.62. The molecule has 5 nitrogen and oxygen atoms in total. The lowest BCUT2D eigenvalue weighted by molar-refractivity contribution is 0.626. The molecule has 3 aromatic rings. The number of anilines is 3. The number of nitrogens with zero attached hydrogens (tertiary/aromatic N) is 4. The highest BCUT2D eigenvalue weighted by Gasteiger charge is 2.17. The third-order valence-corrected chi connectivity index (χ3v) is 3.84. The van der Waals surface area contributed by atoms with E-state index in [9.17, 15) is 4.39 Å². The van der Waals surface area contributed by atoms with E-state index in [-0.39, 0.29) is 0 Å². The molecule has 2 aromatic heterocycles. The SMILES string of the molecule is Cc1cc(Cl)cc(F)c1N(C)c1cc2c(ncn2C)c(N)n1. The smallest absolute Gasteiger partial charge is 0.154 e. The summed E-state index contributed by atoms with van der Waals surface area (Å²) in [6, 6.07) is 4.82. The maximum absolute atomic E-state index is 14.3. The van der Waals surface area contributed by atoms with Gasteiger partial charge in [-0.25, -0.2) is 14.4 Å². The molecule has 0 amide bonds. The second kappa shape index (κ2) is 5.14. The first-order valence-electron chi connectivity index (χ1n) is 6.65. The molecular formula is C15H15ClFN5. The van der Waals surface area contributed by atoms with E-state index < -0.39 is 5.82 Å². The first-order chi connectivity index (χ1) is 10.4. The van der Waals surface area contributed by atoms with Crippen LogP contribution in [0, 0.1) is 12.7 Å². The highest BCUT2D eigenvalue weighted by molar-refractivity contribution is 6.30. The Hall–Kier alpha value is -2.34. The number of imidazole rings is 1. The van der Waals surface area contributed by atoms with Crippen molar-refractivity contribution in [3.05, 3.63) is 40.9 Å². The Bertz CT molecular complexity index is 851. The predicted molar refractivity (Wildman–Crippen MR) is 87.1 cm³/mol. The minimum atomic E-state index is -0.405. The topological polar surface area (TPSA) is 60.0 Å². The molecule has 0 aliphatic carbocycles. The molecule has 0 saturated carbocycles. The number of rotatable bonds is 2. The Balaban J connectivity index is 2.17. The molecule has 0 aliphatic heterocycles. The fourth-order valence-electron chi connectivity index (χ4n) is 2.54. The highest BCUT2D eigenvalue weighted by atomic mass is 35.5. The van der Waals surface area contributed by atoms with Gasteiger partial charge in [-0.1, -0.05) is 11.6 Å². The number of hydrogen-bond acceptors (Lipinski definition) is 4. The van der Waals surface area contributed by atoms with Crippen molar-refractivity contribution in [2.75, 3.05) is 17.7 Å². The van der Waals surface area contributed by atoms with Crippen LogP contribution in [0.2, 0.25) is 5.02 Å². The second-order valence-electron chi connectivity index (χ2n) is 5.20. The predicted octanol–water partition coefficient (Wildman–Crippen LogP) is 3.42. The van der Waals surface area contributed by atoms with Gasteiger partial charge >= 0.3 is 0 Å². The number of nitrogen functional groups attached to an aromatic ring is 1. The van der Waals surface area contributed by atoms with Gasteiger partial charge in [-0.15, -0.1) is 0 Å². The van der Waals surface area contributed by atoms with Gasteiger partial charge < -0.3 is 15.2 Å². The standard InChI is InChI=1S/C15H15ClFN5/c1-8-4-9(16)5-10(17)14(8)22(3)12-6-11-13(15(18)20-12)19-7-21(11)2/h4-7H,1-3H3,(H2,18,20). The van der Waals surface area contributed by atoms with Crippen molar-refractivity contribution in [2.45, 2.75) is 6.92 Å². The minimum Gasteiger partial charge on any atom is -0.382 e. The Morgan fingerprint density at radius 3 is 2.73 bits per heavy atom. The molecule has 2 N–H and O–H groups in total. The largest absolute Gasteiger partial charge is 0.382 e. The summed E-state index contributed by atoms with van der Waals surface area (Å²) in [7, 11) is 3.61. The van der Waals surface area contributed by atoms with Gasteiger partial charge in [0.05, 0.1) is 17.5 Å². The van der Waals surface area contributed by atoms with E-state index >= 15 is 0 Å². The molecule has 0 fully saturated rings. The van der Waals surface area contributed by atoms with Crippen LogP contribution in [0.25, 0.3) is 11.0 Å². The molecule has 0 saturated heterocycles. The molecule has 0 spiro atoms. The zero-order valence-corrected chi connectivity index (χ0v) is 13.2. The van der Waals surface area contributed by atoms with Crippen molar-refractivity contribution in [3.8, 4) is 0 Å². The van der Waals surface area contributed by atoms with Crippen molar-refractivity contribution in [2.24, 2.45) is 7.05 Å². The Kier molecular flexibility index (Phi) is 3.41. The summed E-state index contributed by atoms with van der Waals surface area (Å²) < 4.78 is 16.1. The van der Waals surface area contributed by atoms with E-state index in [1.165, 1.54) is 6.07 Å². The first kappa shape index (κ1) is 14.6. The average Bonchev–Trinajstić information content (AvgIpc) is 2.80. The number of hydrogen-bond donors (Lipinski definition) is 1. The molecule has 1 aromatic carbocycles. The quantitative estimate of drug-likeness (QED) is 0.786. The monoisotopic (exact) mass is 319 g/mol. The number of halogens is 2. The third kappa shape index (κ3) is 2.25. The zero-order valence-electron chi connectivity index (χ0n) is 12.4. The van der Waals surface area contributed by atoms with Gasteiger partial charge in [-0.05, 0) is 24.6 Å². The molecule has 0 unspecified atom stereocenters. The van der Waals surface area contributed by atoms with Gasteiger partial charge in [-0.2, -0.15) is 0 Å². The van der Waals surface area contributed by atoms with Gasteiger partial charge in [-0.3, -0.25) is 0 Å². The van der Waals surface area contributed by atoms with Gasteiger partial charge in [0.25, 0.3) is 0 Å². The summed E-state index contributed by atoms with van der Waals surface area (Å²) >= 11 is 5.88. The summed E-state index contributed by atoms with van der Waals surface area (Å²) in [5.74, 6) is 0.447. The van der Waals surface area contributed by atoms with Crippen LogP contribution in [0.4, 0.5) is 21.7 Å². The van der Waals surface area contributed by atoms with Crippen LogP contribution >= 0.6 is 11.6 Å². The molecule has 22 heavy (non-hydrogen) atoms. The van der Waals surface area contributed by atoms with Gasteiger partial charge in [0.1, 0.15) is 17.2 Å². The van der Waals surface area contributed by atoms with Gasteiger partial charge in [0, 0.05) is 25.2 Å². The van der Waals surface area contributed by atoms with E-state index in [1.54, 1.807) is 31.3 Å². The molecule has 0 radical (unpaired) electrons. The van der Waals surface area contributed by atoms with Gasteiger partial charge in [0.15, 0.2) is 5.82 Å². The zero-order chi connectivity index (χ0) is 16.0. The summed E-state index contributed by atoms with van der Waals surface area (Å²) in [4.78, 5) is 10.2. The maximum Gasteiger partial charge on any atom is 0.154 e. The van der Waals surface area contributed by atoms with E-state index in [0.29, 0.717) is 27.9 Å². The lowest BCUT2D eigenvalue weighted by Crippen LogP contribution is -2.15. The van der Waals surface area contributed by atoms with Crippen molar-refractivity contribution in [1.82, 2.24) is 14.5 Å². The minimum absolute atomic E-state index is 0.312. The maximum atomic E-state index is 14.3. The fourth-order valence-corrected chi connectivity index (χ4v) is 2.80. The number of aromatic nitrogens is 3. The summed E-state index contributed by atoms with van der Waals surface area (Å²) in [5.41, 5.74) is 8.56. The molecular weight excluding hydrogens is 305 g/mol. The van der Waals surface area contributed by atoms with Crippen molar-refractivity contribution in [1.29, 1.82) is 0 Å². The number of benzene rings is 1. The lowest BCUT2D eigenvalue weighted by atomic mass is 10.1. The Morgan fingerprint density at radius 1 is 1.32 bits per heavy atom. The fraction of sp³-hybridized carbons (Fsp3) is 0.200. The van der Waals surface area contributed by atoms with Crippen LogP contribution in [0.3, 0.4) is 0 Å². The summed E-state index contributed by atoms with van der Waals surface area (Å²) in [6.45, 7) is 1.80. The molecule has 7 heteroatoms. The van der Waals surface area contributed by atoms with E-state index in [0.717, 1.165) is 11.1 Å². The van der Waals surface area contributed by atoms with Crippen LogP contribution < -0.4 is 10.6 Å². The van der Waals surface area contributed by atoms with E-state index in [1.807, 2.05) is 17.7 Å². The number of aryl methyl sites for hydroxylation is 2. The molecule has 0 aliphatic rings. The van der Waals surface area contributed by atoms with Crippen molar-refractivity contribution >= 4 is 40.0 Å². The van der Waals surface area contributed by atoms with Crippen LogP contribution in [0.5, 0.6) is 0 Å². The normalized spacial score (nSPS) is 11.1. The average molecular weight is 320 g/mol. The molecule has 3 rings (SSSR count). The van der Waals surface area contributed by atoms with Gasteiger partial charge in [0.2, 0.25) is 0 Å². The van der Waals surface area contributed by atoms with Crippen LogP contribution in [-0.4, -0.2) is 21.6 Å². The van der Waals surface area contributed by atoms with Crippen LogP contribution in [-0.2, 0) is 7.05 Å². The van der Waals surface area contributed by atoms with Crippen LogP contribution in [0.1, 0.15) is 5.56 Å². The van der Waals surface area contributed by atoms with E-state index in [4.69, 9.17) is 17.3 Å². The second-order valence-corrected chi connectivity index (χ2v) is 5.64. The van der Waals surface area contributed by atoms with Crippen molar-refractivity contribution < 1.29 is 4.39 Å². The van der Waals surface area contributed by atoms with Crippen molar-refractivity contribution in [3.63, 3.8) is 0 Å². The molecule has 2 heterocycles. The molecule has 0 atom stereocenters. The number of pyridine rings is 1. The Morgan fingerprint density at radius 2 is 2.05 bits per heavy atom. The number of fused-ring (bicyclic) bond motifs is 1. The van der Waals surface area contributed by atoms with Crippen LogP contribution in [0.15, 0.2) is 24.5 Å². The molecule has 0 bridgehead atoms.